The minimum absolute atomic E-state index is 0.122. The Bertz CT molecular complexity index is 620. The van der Waals surface area contributed by atoms with Crippen molar-refractivity contribution in [1.29, 1.82) is 0 Å². The van der Waals surface area contributed by atoms with Crippen molar-refractivity contribution in [2.75, 3.05) is 12.8 Å². The summed E-state index contributed by atoms with van der Waals surface area (Å²) < 4.78 is 53.8. The third-order valence-corrected chi connectivity index (χ3v) is 5.27. The molecule has 0 aliphatic heterocycles. The molecule has 4 nitrogen and oxygen atoms in total. The molecule has 1 aromatic rings. The molecule has 1 heterocycles. The number of pyridine rings is 1. The van der Waals surface area contributed by atoms with Crippen LogP contribution in [0.4, 0.5) is 13.2 Å². The first-order chi connectivity index (χ1) is 9.58. The number of nitrogens with one attached hydrogen (secondary N) is 1. The Hall–Kier alpha value is -1.22. The molecule has 0 aliphatic rings. The molecule has 2 atom stereocenters. The fourth-order valence-electron chi connectivity index (χ4n) is 1.49. The lowest BCUT2D eigenvalue weighted by atomic mass is 10.2. The van der Waals surface area contributed by atoms with Crippen molar-refractivity contribution >= 4 is 27.1 Å². The predicted molar refractivity (Wildman–Crippen MR) is 80.4 cm³/mol. The maximum atomic E-state index is 12.5. The van der Waals surface area contributed by atoms with Crippen LogP contribution in [0.5, 0.6) is 0 Å². The molecule has 9 heteroatoms. The fourth-order valence-corrected chi connectivity index (χ4v) is 3.28. The highest BCUT2D eigenvalue weighted by Crippen LogP contribution is 2.29. The molecule has 1 aromatic heterocycles. The van der Waals surface area contributed by atoms with Crippen molar-refractivity contribution < 1.29 is 17.4 Å². The van der Waals surface area contributed by atoms with Crippen molar-refractivity contribution in [3.05, 3.63) is 29.6 Å². The molecule has 21 heavy (non-hydrogen) atoms. The Labute approximate surface area is 127 Å². The van der Waals surface area contributed by atoms with E-state index in [0.717, 1.165) is 12.3 Å². The molecular weight excluding hydrogens is 323 g/mol. The second kappa shape index (κ2) is 6.69. The summed E-state index contributed by atoms with van der Waals surface area (Å²) in [5.41, 5.74) is -0.570. The fraction of sp³-hybridized carbons (Fsp3) is 0.500. The number of hydrogen-bond donors (Lipinski definition) is 1. The second-order valence-electron chi connectivity index (χ2n) is 4.40. The van der Waals surface area contributed by atoms with Crippen LogP contribution in [0.3, 0.4) is 0 Å². The van der Waals surface area contributed by atoms with Gasteiger partial charge in [-0.1, -0.05) is 6.07 Å². The van der Waals surface area contributed by atoms with E-state index in [1.807, 2.05) is 6.92 Å². The number of nitrogens with zero attached hydrogens (tertiary/aromatic N) is 2. The summed E-state index contributed by atoms with van der Waals surface area (Å²) in [5.74, 6) is 0. The smallest absolute Gasteiger partial charge is 0.361 e. The molecule has 0 aliphatic carbocycles. The standard InChI is InChI=1S/C12H16F3N3OS2/c1-4-16-11(20)18-21(3,19)8(2)9-5-6-10(17-7-9)12(13,14)15/h5-8H,4H2,1-3H3,(H,16,20). The number of hydrogen-bond acceptors (Lipinski definition) is 3. The lowest BCUT2D eigenvalue weighted by Crippen LogP contribution is -2.21. The van der Waals surface area contributed by atoms with Gasteiger partial charge in [0.15, 0.2) is 0 Å². The summed E-state index contributed by atoms with van der Waals surface area (Å²) in [7, 11) is -2.73. The highest BCUT2D eigenvalue weighted by molar-refractivity contribution is 7.94. The quantitative estimate of drug-likeness (QED) is 0.860. The minimum Gasteiger partial charge on any atom is -0.361 e. The highest BCUT2D eigenvalue weighted by atomic mass is 32.2. The maximum absolute atomic E-state index is 12.5. The van der Waals surface area contributed by atoms with Crippen LogP contribution in [0.1, 0.15) is 30.4 Å². The molecule has 0 radical (unpaired) electrons. The zero-order valence-electron chi connectivity index (χ0n) is 11.8. The predicted octanol–water partition coefficient (Wildman–Crippen LogP) is 3.15. The average molecular weight is 339 g/mol. The summed E-state index contributed by atoms with van der Waals surface area (Å²) in [4.78, 5) is 3.36. The Morgan fingerprint density at radius 1 is 1.52 bits per heavy atom. The van der Waals surface area contributed by atoms with Crippen molar-refractivity contribution in [1.82, 2.24) is 10.3 Å². The number of halogens is 3. The lowest BCUT2D eigenvalue weighted by molar-refractivity contribution is -0.141. The van der Waals surface area contributed by atoms with Crippen LogP contribution in [0, 0.1) is 0 Å². The Balaban J connectivity index is 3.05. The summed E-state index contributed by atoms with van der Waals surface area (Å²) in [6.45, 7) is 3.99. The van der Waals surface area contributed by atoms with E-state index in [1.165, 1.54) is 12.3 Å². The number of alkyl halides is 3. The third-order valence-electron chi connectivity index (χ3n) is 2.79. The van der Waals surface area contributed by atoms with Crippen LogP contribution in [-0.2, 0) is 15.9 Å². The van der Waals surface area contributed by atoms with E-state index >= 15 is 0 Å². The van der Waals surface area contributed by atoms with Gasteiger partial charge in [0.2, 0.25) is 5.11 Å². The molecular formula is C12H16F3N3OS2. The molecule has 1 rings (SSSR count). The molecule has 0 saturated carbocycles. The average Bonchev–Trinajstić information content (AvgIpc) is 2.36. The molecule has 0 aromatic carbocycles. The zero-order chi connectivity index (χ0) is 16.3. The number of aromatic nitrogens is 1. The number of rotatable bonds is 3. The van der Waals surface area contributed by atoms with E-state index in [2.05, 4.69) is 14.7 Å². The van der Waals surface area contributed by atoms with Gasteiger partial charge in [0.1, 0.15) is 5.69 Å². The summed E-state index contributed by atoms with van der Waals surface area (Å²) >= 11 is 4.92. The monoisotopic (exact) mass is 339 g/mol. The van der Waals surface area contributed by atoms with Gasteiger partial charge in [0.25, 0.3) is 0 Å². The molecule has 1 N–H and O–H groups in total. The third kappa shape index (κ3) is 4.92. The molecule has 0 bridgehead atoms. The zero-order valence-corrected chi connectivity index (χ0v) is 13.4. The van der Waals surface area contributed by atoms with Gasteiger partial charge in [0, 0.05) is 19.0 Å². The van der Waals surface area contributed by atoms with Gasteiger partial charge in [-0.2, -0.15) is 17.5 Å². The van der Waals surface area contributed by atoms with E-state index < -0.39 is 26.8 Å². The van der Waals surface area contributed by atoms with Gasteiger partial charge in [-0.15, -0.1) is 0 Å². The van der Waals surface area contributed by atoms with Crippen LogP contribution in [0.2, 0.25) is 0 Å². The van der Waals surface area contributed by atoms with Crippen molar-refractivity contribution in [2.45, 2.75) is 25.3 Å². The van der Waals surface area contributed by atoms with Gasteiger partial charge in [-0.25, -0.2) is 4.21 Å². The second-order valence-corrected chi connectivity index (χ2v) is 7.40. The highest BCUT2D eigenvalue weighted by Gasteiger charge is 2.32. The van der Waals surface area contributed by atoms with Crippen molar-refractivity contribution in [2.24, 2.45) is 4.36 Å². The first-order valence-electron chi connectivity index (χ1n) is 6.10. The molecule has 0 saturated heterocycles. The Morgan fingerprint density at radius 3 is 2.57 bits per heavy atom. The van der Waals surface area contributed by atoms with Crippen LogP contribution in [0.15, 0.2) is 22.7 Å². The van der Waals surface area contributed by atoms with E-state index in [1.54, 1.807) is 6.92 Å². The van der Waals surface area contributed by atoms with E-state index in [4.69, 9.17) is 12.2 Å². The minimum atomic E-state index is -4.49. The van der Waals surface area contributed by atoms with Gasteiger partial charge in [0.05, 0.1) is 15.0 Å². The topological polar surface area (TPSA) is 54.4 Å². The van der Waals surface area contributed by atoms with E-state index in [-0.39, 0.29) is 5.11 Å². The van der Waals surface area contributed by atoms with Gasteiger partial charge in [-0.05, 0) is 37.7 Å². The molecule has 0 fully saturated rings. The summed E-state index contributed by atoms with van der Waals surface area (Å²) in [6.07, 6.45) is -2.01. The Morgan fingerprint density at radius 2 is 2.14 bits per heavy atom. The van der Waals surface area contributed by atoms with Crippen molar-refractivity contribution in [3.63, 3.8) is 0 Å². The largest absolute Gasteiger partial charge is 0.433 e. The summed E-state index contributed by atoms with van der Waals surface area (Å²) in [5, 5.41) is 2.29. The normalized spacial score (nSPS) is 15.9. The van der Waals surface area contributed by atoms with Crippen LogP contribution < -0.4 is 5.32 Å². The first kappa shape index (κ1) is 17.8. The number of thiocarbonyl (C=S) groups is 1. The molecule has 0 amide bonds. The molecule has 118 valence electrons. The van der Waals surface area contributed by atoms with Crippen LogP contribution in [-0.4, -0.2) is 27.1 Å². The van der Waals surface area contributed by atoms with E-state index in [0.29, 0.717) is 12.1 Å². The molecule has 2 unspecified atom stereocenters. The lowest BCUT2D eigenvalue weighted by Gasteiger charge is -2.15. The maximum Gasteiger partial charge on any atom is 0.433 e. The SMILES string of the molecule is CCNC(=S)N=S(C)(=O)C(C)c1ccc(C(F)(F)F)nc1. The Kier molecular flexibility index (Phi) is 5.68. The van der Waals surface area contributed by atoms with Crippen LogP contribution in [0.25, 0.3) is 0 Å². The van der Waals surface area contributed by atoms with Crippen LogP contribution >= 0.6 is 12.2 Å². The summed E-state index contributed by atoms with van der Waals surface area (Å²) in [6, 6.07) is 2.12. The van der Waals surface area contributed by atoms with Gasteiger partial charge < -0.3 is 5.32 Å². The van der Waals surface area contributed by atoms with Gasteiger partial charge in [-0.3, -0.25) is 4.98 Å². The first-order valence-corrected chi connectivity index (χ1v) is 8.49. The molecule has 0 spiro atoms. The van der Waals surface area contributed by atoms with Crippen molar-refractivity contribution in [3.8, 4) is 0 Å². The van der Waals surface area contributed by atoms with Gasteiger partial charge >= 0.3 is 6.18 Å². The van der Waals surface area contributed by atoms with E-state index in [9.17, 15) is 17.4 Å².